The van der Waals surface area contributed by atoms with Crippen LogP contribution in [0.1, 0.15) is 168 Å². The molecule has 0 heterocycles. The Labute approximate surface area is 271 Å². The van der Waals surface area contributed by atoms with E-state index in [-0.39, 0.29) is 25.2 Å². The minimum absolute atomic E-state index is 0.0750. The van der Waals surface area contributed by atoms with Gasteiger partial charge in [0.05, 0.1) is 6.61 Å². The molecule has 1 atom stereocenters. The largest absolute Gasteiger partial charge is 0.462 e. The summed E-state index contributed by atoms with van der Waals surface area (Å²) in [6.45, 7) is 3.99. The average molecular weight is 617 g/mol. The van der Waals surface area contributed by atoms with Crippen molar-refractivity contribution in [3.05, 3.63) is 48.6 Å². The number of carbonyl (C=O) groups excluding carboxylic acids is 2. The van der Waals surface area contributed by atoms with Crippen LogP contribution in [0.3, 0.4) is 0 Å². The van der Waals surface area contributed by atoms with Crippen molar-refractivity contribution in [1.82, 2.24) is 0 Å². The van der Waals surface area contributed by atoms with Crippen molar-refractivity contribution in [2.45, 2.75) is 174 Å². The summed E-state index contributed by atoms with van der Waals surface area (Å²) in [4.78, 5) is 24.2. The molecule has 1 N–H and O–H groups in total. The van der Waals surface area contributed by atoms with Crippen LogP contribution in [-0.4, -0.2) is 36.4 Å². The Morgan fingerprint density at radius 1 is 0.545 bits per heavy atom. The molecule has 254 valence electrons. The molecule has 0 aromatic heterocycles. The predicted octanol–water partition coefficient (Wildman–Crippen LogP) is 11.1. The number of carbonyl (C=O) groups is 2. The van der Waals surface area contributed by atoms with Crippen LogP contribution < -0.4 is 0 Å². The fourth-order valence-corrected chi connectivity index (χ4v) is 4.90. The van der Waals surface area contributed by atoms with Gasteiger partial charge in [-0.05, 0) is 51.4 Å². The van der Waals surface area contributed by atoms with Crippen molar-refractivity contribution in [2.75, 3.05) is 13.2 Å². The van der Waals surface area contributed by atoms with E-state index in [1.807, 2.05) is 0 Å². The lowest BCUT2D eigenvalue weighted by atomic mass is 10.0. The predicted molar refractivity (Wildman–Crippen MR) is 187 cm³/mol. The van der Waals surface area contributed by atoms with Gasteiger partial charge in [0.1, 0.15) is 6.61 Å². The monoisotopic (exact) mass is 617 g/mol. The lowest BCUT2D eigenvalue weighted by Gasteiger charge is -2.15. The highest BCUT2D eigenvalue weighted by atomic mass is 16.6. The molecule has 0 saturated heterocycles. The maximum Gasteiger partial charge on any atom is 0.306 e. The van der Waals surface area contributed by atoms with E-state index in [0.29, 0.717) is 12.8 Å². The number of rotatable bonds is 32. The molecule has 5 nitrogen and oxygen atoms in total. The van der Waals surface area contributed by atoms with Gasteiger partial charge in [0.15, 0.2) is 6.10 Å². The highest BCUT2D eigenvalue weighted by Gasteiger charge is 2.16. The van der Waals surface area contributed by atoms with Crippen LogP contribution in [0.25, 0.3) is 0 Å². The minimum atomic E-state index is -0.781. The minimum Gasteiger partial charge on any atom is -0.462 e. The van der Waals surface area contributed by atoms with Gasteiger partial charge in [-0.25, -0.2) is 0 Å². The molecule has 0 aliphatic heterocycles. The van der Waals surface area contributed by atoms with Gasteiger partial charge in [-0.2, -0.15) is 0 Å². The van der Waals surface area contributed by atoms with Gasteiger partial charge >= 0.3 is 11.9 Å². The molecule has 0 radical (unpaired) electrons. The number of ether oxygens (including phenoxy) is 2. The molecule has 5 heteroatoms. The van der Waals surface area contributed by atoms with Crippen LogP contribution in [0.2, 0.25) is 0 Å². The SMILES string of the molecule is CC/C=C\C/C=C/C/C=C\C/C=C/CCCCCCC(=O)O[C@@H](CO)COC(=O)CCCCCCCCCCCCCCC. The molecule has 0 spiro atoms. The van der Waals surface area contributed by atoms with Gasteiger partial charge in [0, 0.05) is 12.8 Å². The van der Waals surface area contributed by atoms with E-state index in [9.17, 15) is 14.7 Å². The smallest absolute Gasteiger partial charge is 0.306 e. The van der Waals surface area contributed by atoms with Crippen molar-refractivity contribution in [1.29, 1.82) is 0 Å². The van der Waals surface area contributed by atoms with Crippen molar-refractivity contribution in [2.24, 2.45) is 0 Å². The summed E-state index contributed by atoms with van der Waals surface area (Å²) >= 11 is 0. The Bertz CT molecular complexity index is 752. The second-order valence-electron chi connectivity index (χ2n) is 11.9. The number of hydrogen-bond donors (Lipinski definition) is 1. The van der Waals surface area contributed by atoms with Crippen LogP contribution in [-0.2, 0) is 19.1 Å². The normalized spacial score (nSPS) is 12.7. The number of esters is 2. The first-order valence-electron chi connectivity index (χ1n) is 18.2. The van der Waals surface area contributed by atoms with Crippen LogP contribution in [0.5, 0.6) is 0 Å². The van der Waals surface area contributed by atoms with Crippen LogP contribution in [0, 0.1) is 0 Å². The first-order chi connectivity index (χ1) is 21.6. The highest BCUT2D eigenvalue weighted by Crippen LogP contribution is 2.13. The van der Waals surface area contributed by atoms with E-state index >= 15 is 0 Å². The van der Waals surface area contributed by atoms with E-state index < -0.39 is 6.10 Å². The number of hydrogen-bond acceptors (Lipinski definition) is 5. The molecule has 0 unspecified atom stereocenters. The van der Waals surface area contributed by atoms with Crippen molar-refractivity contribution in [3.8, 4) is 0 Å². The zero-order chi connectivity index (χ0) is 32.2. The summed E-state index contributed by atoms with van der Waals surface area (Å²) < 4.78 is 10.6. The summed E-state index contributed by atoms with van der Waals surface area (Å²) in [5, 5.41) is 9.52. The van der Waals surface area contributed by atoms with Gasteiger partial charge in [0.2, 0.25) is 0 Å². The molecule has 0 saturated carbocycles. The van der Waals surface area contributed by atoms with Crippen molar-refractivity contribution >= 4 is 11.9 Å². The topological polar surface area (TPSA) is 72.8 Å². The first-order valence-corrected chi connectivity index (χ1v) is 18.2. The van der Waals surface area contributed by atoms with Gasteiger partial charge < -0.3 is 14.6 Å². The molecule has 0 aliphatic carbocycles. The summed E-state index contributed by atoms with van der Waals surface area (Å²) in [7, 11) is 0. The number of allylic oxidation sites excluding steroid dienone is 8. The number of aliphatic hydroxyl groups excluding tert-OH is 1. The van der Waals surface area contributed by atoms with Gasteiger partial charge in [0.25, 0.3) is 0 Å². The number of unbranched alkanes of at least 4 members (excludes halogenated alkanes) is 16. The average Bonchev–Trinajstić information content (AvgIpc) is 3.02. The third kappa shape index (κ3) is 32.8. The summed E-state index contributed by atoms with van der Waals surface area (Å²) in [6.07, 6.45) is 43.0. The van der Waals surface area contributed by atoms with E-state index in [2.05, 4.69) is 62.5 Å². The zero-order valence-corrected chi connectivity index (χ0v) is 28.7. The fourth-order valence-electron chi connectivity index (χ4n) is 4.90. The standard InChI is InChI=1S/C39H68O5/c1-3-5-7-9-11-13-15-17-18-19-20-22-24-26-28-30-32-34-39(42)44-37(35-40)36-43-38(41)33-31-29-27-25-23-21-16-14-12-10-8-6-4-2/h5,7,11,13,17-18,20,22,37,40H,3-4,6,8-10,12,14-16,19,21,23-36H2,1-2H3/b7-5-,13-11+,18-17-,22-20+/t37-/m0/s1. The molecular weight excluding hydrogens is 548 g/mol. The highest BCUT2D eigenvalue weighted by molar-refractivity contribution is 5.70. The Balaban J connectivity index is 3.63. The molecule has 0 aromatic rings. The van der Waals surface area contributed by atoms with Gasteiger partial charge in [-0.15, -0.1) is 0 Å². The van der Waals surface area contributed by atoms with Gasteiger partial charge in [-0.1, -0.05) is 152 Å². The summed E-state index contributed by atoms with van der Waals surface area (Å²) in [5.74, 6) is -0.619. The Morgan fingerprint density at radius 2 is 0.977 bits per heavy atom. The summed E-state index contributed by atoms with van der Waals surface area (Å²) in [5.41, 5.74) is 0. The molecule has 0 amide bonds. The fraction of sp³-hybridized carbons (Fsp3) is 0.744. The van der Waals surface area contributed by atoms with Crippen LogP contribution >= 0.6 is 0 Å². The molecule has 0 aliphatic rings. The molecule has 44 heavy (non-hydrogen) atoms. The molecular formula is C39H68O5. The third-order valence-electron chi connectivity index (χ3n) is 7.64. The zero-order valence-electron chi connectivity index (χ0n) is 28.7. The lowest BCUT2D eigenvalue weighted by Crippen LogP contribution is -2.28. The Kier molecular flexibility index (Phi) is 33.6. The van der Waals surface area contributed by atoms with E-state index in [4.69, 9.17) is 9.47 Å². The maximum absolute atomic E-state index is 12.1. The summed E-state index contributed by atoms with van der Waals surface area (Å²) in [6, 6.07) is 0. The first kappa shape index (κ1) is 41.9. The van der Waals surface area contributed by atoms with Crippen LogP contribution in [0.15, 0.2) is 48.6 Å². The maximum atomic E-state index is 12.1. The van der Waals surface area contributed by atoms with E-state index in [1.165, 1.54) is 64.2 Å². The quantitative estimate of drug-likeness (QED) is 0.0462. The van der Waals surface area contributed by atoms with Gasteiger partial charge in [-0.3, -0.25) is 9.59 Å². The lowest BCUT2D eigenvalue weighted by molar-refractivity contribution is -0.161. The molecule has 0 bridgehead atoms. The van der Waals surface area contributed by atoms with Crippen molar-refractivity contribution < 1.29 is 24.2 Å². The molecule has 0 rings (SSSR count). The third-order valence-corrected chi connectivity index (χ3v) is 7.64. The van der Waals surface area contributed by atoms with E-state index in [1.54, 1.807) is 0 Å². The Morgan fingerprint density at radius 3 is 1.48 bits per heavy atom. The number of aliphatic hydroxyl groups is 1. The molecule has 0 aromatic carbocycles. The van der Waals surface area contributed by atoms with Crippen molar-refractivity contribution in [3.63, 3.8) is 0 Å². The van der Waals surface area contributed by atoms with Crippen LogP contribution in [0.4, 0.5) is 0 Å². The second kappa shape index (κ2) is 35.3. The van der Waals surface area contributed by atoms with E-state index in [0.717, 1.165) is 77.0 Å². The Hall–Kier alpha value is -2.14. The molecule has 0 fully saturated rings. The second-order valence-corrected chi connectivity index (χ2v) is 11.9.